The van der Waals surface area contributed by atoms with Crippen molar-refractivity contribution in [3.63, 3.8) is 0 Å². The van der Waals surface area contributed by atoms with Crippen LogP contribution in [-0.2, 0) is 0 Å². The van der Waals surface area contributed by atoms with Crippen molar-refractivity contribution in [3.05, 3.63) is 30.3 Å². The Kier molecular flexibility index (Phi) is 3.56. The number of rotatable bonds is 5. The summed E-state index contributed by atoms with van der Waals surface area (Å²) in [5, 5.41) is 3.45. The molecule has 1 aliphatic heterocycles. The third kappa shape index (κ3) is 2.93. The third-order valence-corrected chi connectivity index (χ3v) is 2.71. The van der Waals surface area contributed by atoms with Crippen LogP contribution in [-0.4, -0.2) is 37.3 Å². The molecule has 1 heterocycles. The molecule has 0 aromatic heterocycles. The molecule has 1 saturated heterocycles. The number of likely N-dealkylation sites (tertiary alicyclic amines) is 1. The van der Waals surface area contributed by atoms with Crippen LogP contribution in [0.4, 0.5) is 10.1 Å². The first kappa shape index (κ1) is 10.4. The maximum Gasteiger partial charge on any atom is 0.0906 e. The quantitative estimate of drug-likeness (QED) is 0.797. The predicted octanol–water partition coefficient (Wildman–Crippen LogP) is 2.14. The molecule has 0 bridgehead atoms. The number of nitrogens with one attached hydrogen (secondary N) is 1. The first-order valence-electron chi connectivity index (χ1n) is 5.48. The summed E-state index contributed by atoms with van der Waals surface area (Å²) in [7, 11) is 0. The number of hydrogen-bond acceptors (Lipinski definition) is 2. The van der Waals surface area contributed by atoms with E-state index in [1.54, 1.807) is 0 Å². The van der Waals surface area contributed by atoms with Gasteiger partial charge in [-0.2, -0.15) is 0 Å². The van der Waals surface area contributed by atoms with Crippen molar-refractivity contribution in [1.82, 2.24) is 4.90 Å². The van der Waals surface area contributed by atoms with E-state index in [1.807, 2.05) is 18.2 Å². The molecule has 0 radical (unpaired) electrons. The Labute approximate surface area is 90.1 Å². The summed E-state index contributed by atoms with van der Waals surface area (Å²) in [6, 6.07) is 10.8. The maximum atomic E-state index is 11.9. The molecular formula is C12H17FN2. The van der Waals surface area contributed by atoms with Gasteiger partial charge in [0.05, 0.1) is 12.7 Å². The molecule has 0 atom stereocenters. The summed E-state index contributed by atoms with van der Waals surface area (Å²) >= 11 is 0. The smallest absolute Gasteiger partial charge is 0.0906 e. The Balaban J connectivity index is 1.68. The van der Waals surface area contributed by atoms with E-state index >= 15 is 0 Å². The van der Waals surface area contributed by atoms with Gasteiger partial charge in [-0.05, 0) is 18.6 Å². The molecule has 1 aliphatic rings. The molecule has 3 heteroatoms. The largest absolute Gasteiger partial charge is 0.380 e. The molecule has 1 fully saturated rings. The van der Waals surface area contributed by atoms with Gasteiger partial charge < -0.3 is 5.32 Å². The molecule has 2 rings (SSSR count). The summed E-state index contributed by atoms with van der Waals surface area (Å²) in [6.07, 6.45) is 0.665. The van der Waals surface area contributed by atoms with Crippen molar-refractivity contribution >= 4 is 5.69 Å². The number of anilines is 1. The molecule has 0 unspecified atom stereocenters. The van der Waals surface area contributed by atoms with Crippen molar-refractivity contribution in [2.24, 2.45) is 0 Å². The predicted molar refractivity (Wildman–Crippen MR) is 60.9 cm³/mol. The fraction of sp³-hybridized carbons (Fsp3) is 0.500. The Hall–Kier alpha value is -1.09. The van der Waals surface area contributed by atoms with Gasteiger partial charge >= 0.3 is 0 Å². The van der Waals surface area contributed by atoms with Gasteiger partial charge in [0.2, 0.25) is 0 Å². The number of nitrogens with zero attached hydrogens (tertiary/aromatic N) is 1. The van der Waals surface area contributed by atoms with Crippen molar-refractivity contribution in [3.8, 4) is 0 Å². The second-order valence-electron chi connectivity index (χ2n) is 4.01. The minimum Gasteiger partial charge on any atom is -0.380 e. The van der Waals surface area contributed by atoms with Crippen molar-refractivity contribution in [2.75, 3.05) is 31.6 Å². The molecule has 1 aromatic carbocycles. The summed E-state index contributed by atoms with van der Waals surface area (Å²) in [6.45, 7) is 2.76. The highest BCUT2D eigenvalue weighted by molar-refractivity contribution is 5.44. The minimum absolute atomic E-state index is 0.201. The number of hydrogen-bond donors (Lipinski definition) is 1. The zero-order valence-corrected chi connectivity index (χ0v) is 8.82. The van der Waals surface area contributed by atoms with E-state index in [2.05, 4.69) is 22.3 Å². The van der Waals surface area contributed by atoms with Crippen LogP contribution in [0.3, 0.4) is 0 Å². The minimum atomic E-state index is -0.201. The highest BCUT2D eigenvalue weighted by atomic mass is 19.1. The van der Waals surface area contributed by atoms with Crippen LogP contribution < -0.4 is 5.32 Å². The van der Waals surface area contributed by atoms with Gasteiger partial charge in [-0.15, -0.1) is 0 Å². The van der Waals surface area contributed by atoms with Crippen molar-refractivity contribution in [2.45, 2.75) is 12.5 Å². The van der Waals surface area contributed by atoms with Gasteiger partial charge in [-0.3, -0.25) is 9.29 Å². The lowest BCUT2D eigenvalue weighted by Crippen LogP contribution is -2.54. The summed E-state index contributed by atoms with van der Waals surface area (Å²) in [4.78, 5) is 2.28. The van der Waals surface area contributed by atoms with Crippen LogP contribution in [0.1, 0.15) is 6.42 Å². The van der Waals surface area contributed by atoms with E-state index in [1.165, 1.54) is 5.69 Å². The molecule has 2 nitrogen and oxygen atoms in total. The lowest BCUT2D eigenvalue weighted by atomic mass is 10.1. The molecule has 0 amide bonds. The molecule has 1 aromatic rings. The fourth-order valence-corrected chi connectivity index (χ4v) is 1.90. The Morgan fingerprint density at radius 2 is 2.00 bits per heavy atom. The first-order chi connectivity index (χ1) is 7.38. The van der Waals surface area contributed by atoms with Gasteiger partial charge in [0.15, 0.2) is 0 Å². The van der Waals surface area contributed by atoms with Crippen LogP contribution in [0.25, 0.3) is 0 Å². The maximum absolute atomic E-state index is 11.9. The average molecular weight is 208 g/mol. The topological polar surface area (TPSA) is 15.3 Å². The number of para-hydroxylation sites is 1. The van der Waals surface area contributed by atoms with Crippen LogP contribution in [0.2, 0.25) is 0 Å². The van der Waals surface area contributed by atoms with Gasteiger partial charge in [0.1, 0.15) is 0 Å². The van der Waals surface area contributed by atoms with Gasteiger partial charge in [0, 0.05) is 25.3 Å². The van der Waals surface area contributed by atoms with Crippen LogP contribution in [0, 0.1) is 0 Å². The SMILES string of the molecule is FCCCN1CC(Nc2ccccc2)C1. The van der Waals surface area contributed by atoms with Crippen molar-refractivity contribution < 1.29 is 4.39 Å². The van der Waals surface area contributed by atoms with E-state index in [-0.39, 0.29) is 6.67 Å². The Morgan fingerprint density at radius 3 is 2.67 bits per heavy atom. The Morgan fingerprint density at radius 1 is 1.27 bits per heavy atom. The van der Waals surface area contributed by atoms with E-state index in [0.717, 1.165) is 19.6 Å². The van der Waals surface area contributed by atoms with Gasteiger partial charge in [-0.1, -0.05) is 18.2 Å². The van der Waals surface area contributed by atoms with E-state index in [4.69, 9.17) is 0 Å². The van der Waals surface area contributed by atoms with Gasteiger partial charge in [-0.25, -0.2) is 0 Å². The average Bonchev–Trinajstić information content (AvgIpc) is 2.23. The zero-order chi connectivity index (χ0) is 10.5. The zero-order valence-electron chi connectivity index (χ0n) is 8.82. The van der Waals surface area contributed by atoms with E-state index in [9.17, 15) is 4.39 Å². The molecule has 0 aliphatic carbocycles. The third-order valence-electron chi connectivity index (χ3n) is 2.71. The molecule has 0 saturated carbocycles. The first-order valence-corrected chi connectivity index (χ1v) is 5.48. The van der Waals surface area contributed by atoms with Gasteiger partial charge in [0.25, 0.3) is 0 Å². The lowest BCUT2D eigenvalue weighted by molar-refractivity contribution is 0.155. The monoisotopic (exact) mass is 208 g/mol. The van der Waals surface area contributed by atoms with Crippen LogP contribution in [0.15, 0.2) is 30.3 Å². The van der Waals surface area contributed by atoms with E-state index < -0.39 is 0 Å². The summed E-state index contributed by atoms with van der Waals surface area (Å²) < 4.78 is 11.9. The molecular weight excluding hydrogens is 191 g/mol. The standard InChI is InChI=1S/C12H17FN2/c13-7-4-8-15-9-12(10-15)14-11-5-2-1-3-6-11/h1-3,5-6,12,14H,4,7-10H2. The highest BCUT2D eigenvalue weighted by Gasteiger charge is 2.25. The molecule has 82 valence electrons. The molecule has 1 N–H and O–H groups in total. The van der Waals surface area contributed by atoms with Crippen molar-refractivity contribution in [1.29, 1.82) is 0 Å². The normalized spacial score (nSPS) is 17.4. The lowest BCUT2D eigenvalue weighted by Gasteiger charge is -2.40. The fourth-order valence-electron chi connectivity index (χ4n) is 1.90. The highest BCUT2D eigenvalue weighted by Crippen LogP contribution is 2.14. The second-order valence-corrected chi connectivity index (χ2v) is 4.01. The summed E-state index contributed by atoms with van der Waals surface area (Å²) in [5.74, 6) is 0. The number of alkyl halides is 1. The molecule has 15 heavy (non-hydrogen) atoms. The molecule has 0 spiro atoms. The van der Waals surface area contributed by atoms with Crippen LogP contribution >= 0.6 is 0 Å². The Bertz CT molecular complexity index is 283. The number of benzene rings is 1. The second kappa shape index (κ2) is 5.12. The van der Waals surface area contributed by atoms with Crippen LogP contribution in [0.5, 0.6) is 0 Å². The van der Waals surface area contributed by atoms with E-state index in [0.29, 0.717) is 12.5 Å². The summed E-state index contributed by atoms with van der Waals surface area (Å²) in [5.41, 5.74) is 1.17. The number of halogens is 1.